The Bertz CT molecular complexity index is 1700. The van der Waals surface area contributed by atoms with E-state index in [2.05, 4.69) is 77.6 Å². The number of hydrogen-bond acceptors (Lipinski definition) is 1. The summed E-state index contributed by atoms with van der Waals surface area (Å²) in [6.07, 6.45) is 0. The first kappa shape index (κ1) is 19.9. The molecule has 0 amide bonds. The molecule has 0 fully saturated rings. The van der Waals surface area contributed by atoms with Crippen LogP contribution in [0.3, 0.4) is 0 Å². The van der Waals surface area contributed by atoms with Gasteiger partial charge >= 0.3 is 0 Å². The molecule has 2 heteroatoms. The molecular formula is C32H20N2. The monoisotopic (exact) mass is 432 g/mol. The Morgan fingerprint density at radius 2 is 1.12 bits per heavy atom. The molecule has 0 spiro atoms. The second-order valence-electron chi connectivity index (χ2n) is 8.28. The SMILES string of the molecule is [C-]#[N+]c1ccccc1-c1cc2c(-c3ccccc3)cc(-c3ccccc3)nc2c2ccccc12. The van der Waals surface area contributed by atoms with Gasteiger partial charge in [-0.3, -0.25) is 0 Å². The van der Waals surface area contributed by atoms with E-state index in [1.54, 1.807) is 0 Å². The number of rotatable bonds is 3. The van der Waals surface area contributed by atoms with Crippen LogP contribution in [-0.4, -0.2) is 4.98 Å². The fourth-order valence-corrected chi connectivity index (χ4v) is 4.69. The Labute approximate surface area is 198 Å². The number of pyridine rings is 1. The first-order chi connectivity index (χ1) is 16.8. The number of hydrogen-bond donors (Lipinski definition) is 0. The molecular weight excluding hydrogens is 412 g/mol. The van der Waals surface area contributed by atoms with Gasteiger partial charge in [-0.15, -0.1) is 0 Å². The Morgan fingerprint density at radius 3 is 1.85 bits per heavy atom. The van der Waals surface area contributed by atoms with Crippen molar-refractivity contribution in [3.05, 3.63) is 133 Å². The van der Waals surface area contributed by atoms with E-state index < -0.39 is 0 Å². The van der Waals surface area contributed by atoms with Crippen molar-refractivity contribution in [1.82, 2.24) is 4.98 Å². The molecule has 34 heavy (non-hydrogen) atoms. The number of aromatic nitrogens is 1. The van der Waals surface area contributed by atoms with Crippen molar-refractivity contribution in [3.8, 4) is 33.5 Å². The van der Waals surface area contributed by atoms with Gasteiger partial charge in [-0.1, -0.05) is 109 Å². The number of para-hydroxylation sites is 1. The number of nitrogens with zero attached hydrogens (tertiary/aromatic N) is 2. The van der Waals surface area contributed by atoms with Crippen LogP contribution in [0.1, 0.15) is 0 Å². The molecule has 158 valence electrons. The maximum atomic E-state index is 7.72. The second kappa shape index (κ2) is 8.31. The molecule has 6 rings (SSSR count). The lowest BCUT2D eigenvalue weighted by atomic mass is 9.90. The van der Waals surface area contributed by atoms with Gasteiger partial charge in [-0.05, 0) is 39.8 Å². The summed E-state index contributed by atoms with van der Waals surface area (Å²) in [6.45, 7) is 7.72. The zero-order valence-corrected chi connectivity index (χ0v) is 18.4. The summed E-state index contributed by atoms with van der Waals surface area (Å²) in [6, 6.07) is 41.4. The van der Waals surface area contributed by atoms with Crippen LogP contribution in [0.2, 0.25) is 0 Å². The molecule has 0 unspecified atom stereocenters. The highest BCUT2D eigenvalue weighted by Crippen LogP contribution is 2.42. The van der Waals surface area contributed by atoms with Crippen LogP contribution in [0.4, 0.5) is 5.69 Å². The molecule has 0 aliphatic carbocycles. The molecule has 5 aromatic carbocycles. The van der Waals surface area contributed by atoms with Crippen LogP contribution >= 0.6 is 0 Å². The van der Waals surface area contributed by atoms with E-state index in [-0.39, 0.29) is 0 Å². The molecule has 0 saturated heterocycles. The van der Waals surface area contributed by atoms with Crippen molar-refractivity contribution >= 4 is 27.4 Å². The molecule has 6 aromatic rings. The van der Waals surface area contributed by atoms with Gasteiger partial charge in [-0.2, -0.15) is 0 Å². The average Bonchev–Trinajstić information content (AvgIpc) is 2.93. The van der Waals surface area contributed by atoms with Crippen LogP contribution < -0.4 is 0 Å². The normalized spacial score (nSPS) is 10.9. The van der Waals surface area contributed by atoms with Gasteiger partial charge in [-0.25, -0.2) is 9.83 Å². The molecule has 2 nitrogen and oxygen atoms in total. The smallest absolute Gasteiger partial charge is 0.194 e. The summed E-state index contributed by atoms with van der Waals surface area (Å²) in [7, 11) is 0. The number of fused-ring (bicyclic) bond motifs is 3. The van der Waals surface area contributed by atoms with E-state index in [0.717, 1.165) is 55.2 Å². The van der Waals surface area contributed by atoms with Gasteiger partial charge in [0, 0.05) is 16.3 Å². The standard InChI is InChI=1S/C32H20N2/c1-33-30-19-11-10-17-25(30)28-20-29-27(22-12-4-2-5-13-22)21-31(23-14-6-3-7-15-23)34-32(29)26-18-9-8-16-24(26)28/h2-21H. The number of benzene rings is 5. The summed E-state index contributed by atoms with van der Waals surface area (Å²) in [4.78, 5) is 8.98. The molecule has 0 N–H and O–H groups in total. The van der Waals surface area contributed by atoms with E-state index in [4.69, 9.17) is 11.6 Å². The highest BCUT2D eigenvalue weighted by atomic mass is 14.7. The average molecular weight is 433 g/mol. The van der Waals surface area contributed by atoms with Crippen molar-refractivity contribution in [1.29, 1.82) is 0 Å². The van der Waals surface area contributed by atoms with E-state index in [1.807, 2.05) is 48.5 Å². The maximum Gasteiger partial charge on any atom is 0.194 e. The van der Waals surface area contributed by atoms with E-state index >= 15 is 0 Å². The summed E-state index contributed by atoms with van der Waals surface area (Å²) in [5, 5.41) is 3.27. The van der Waals surface area contributed by atoms with Crippen molar-refractivity contribution in [2.75, 3.05) is 0 Å². The Hall–Kier alpha value is -4.74. The first-order valence-corrected chi connectivity index (χ1v) is 11.3. The molecule has 0 atom stereocenters. The fourth-order valence-electron chi connectivity index (χ4n) is 4.69. The highest BCUT2D eigenvalue weighted by molar-refractivity contribution is 6.16. The summed E-state index contributed by atoms with van der Waals surface area (Å²) in [5.41, 5.74) is 7.95. The lowest BCUT2D eigenvalue weighted by molar-refractivity contribution is 1.41. The third-order valence-electron chi connectivity index (χ3n) is 6.29. The Morgan fingerprint density at radius 1 is 0.500 bits per heavy atom. The third-order valence-corrected chi connectivity index (χ3v) is 6.29. The van der Waals surface area contributed by atoms with Crippen LogP contribution in [0.15, 0.2) is 121 Å². The zero-order chi connectivity index (χ0) is 22.9. The quantitative estimate of drug-likeness (QED) is 0.201. The molecule has 1 aromatic heterocycles. The molecule has 0 aliphatic rings. The van der Waals surface area contributed by atoms with Crippen molar-refractivity contribution in [3.63, 3.8) is 0 Å². The summed E-state index contributed by atoms with van der Waals surface area (Å²) >= 11 is 0. The third kappa shape index (κ3) is 3.32. The predicted molar refractivity (Wildman–Crippen MR) is 142 cm³/mol. The second-order valence-corrected chi connectivity index (χ2v) is 8.28. The van der Waals surface area contributed by atoms with Crippen molar-refractivity contribution < 1.29 is 0 Å². The highest BCUT2D eigenvalue weighted by Gasteiger charge is 2.16. The molecule has 1 heterocycles. The topological polar surface area (TPSA) is 17.2 Å². The van der Waals surface area contributed by atoms with Gasteiger partial charge in [0.2, 0.25) is 0 Å². The predicted octanol–water partition coefficient (Wildman–Crippen LogP) is 8.94. The molecule has 0 saturated carbocycles. The van der Waals surface area contributed by atoms with E-state index in [1.165, 1.54) is 0 Å². The largest absolute Gasteiger partial charge is 0.247 e. The molecule has 0 radical (unpaired) electrons. The van der Waals surface area contributed by atoms with Gasteiger partial charge in [0.25, 0.3) is 0 Å². The van der Waals surface area contributed by atoms with Crippen molar-refractivity contribution in [2.45, 2.75) is 0 Å². The minimum atomic E-state index is 0.655. The summed E-state index contributed by atoms with van der Waals surface area (Å²) < 4.78 is 0. The van der Waals surface area contributed by atoms with Crippen LogP contribution in [0.5, 0.6) is 0 Å². The van der Waals surface area contributed by atoms with Gasteiger partial charge in [0.05, 0.1) is 17.8 Å². The van der Waals surface area contributed by atoms with E-state index in [0.29, 0.717) is 5.69 Å². The van der Waals surface area contributed by atoms with E-state index in [9.17, 15) is 0 Å². The van der Waals surface area contributed by atoms with Crippen molar-refractivity contribution in [2.24, 2.45) is 0 Å². The van der Waals surface area contributed by atoms with Crippen LogP contribution in [-0.2, 0) is 0 Å². The minimum absolute atomic E-state index is 0.655. The van der Waals surface area contributed by atoms with Gasteiger partial charge in [0.15, 0.2) is 5.69 Å². The van der Waals surface area contributed by atoms with Gasteiger partial charge < -0.3 is 0 Å². The zero-order valence-electron chi connectivity index (χ0n) is 18.4. The molecule has 0 bridgehead atoms. The molecule has 0 aliphatic heterocycles. The van der Waals surface area contributed by atoms with Crippen LogP contribution in [0.25, 0.3) is 60.0 Å². The fraction of sp³-hybridized carbons (Fsp3) is 0. The lowest BCUT2D eigenvalue weighted by Crippen LogP contribution is -1.93. The summed E-state index contributed by atoms with van der Waals surface area (Å²) in [5.74, 6) is 0. The minimum Gasteiger partial charge on any atom is -0.247 e. The first-order valence-electron chi connectivity index (χ1n) is 11.3. The van der Waals surface area contributed by atoms with Gasteiger partial charge in [0.1, 0.15) is 0 Å². The lowest BCUT2D eigenvalue weighted by Gasteiger charge is -2.16. The Balaban J connectivity index is 1.78. The van der Waals surface area contributed by atoms with Crippen LogP contribution in [0, 0.1) is 6.57 Å². The Kier molecular flexibility index (Phi) is 4.87. The maximum absolute atomic E-state index is 7.72.